The zero-order chi connectivity index (χ0) is 25.2. The average Bonchev–Trinajstić information content (AvgIpc) is 3.26. The molecule has 3 aromatic carbocycles. The van der Waals surface area contributed by atoms with Gasteiger partial charge >= 0.3 is 0 Å². The van der Waals surface area contributed by atoms with E-state index in [0.717, 1.165) is 27.9 Å². The van der Waals surface area contributed by atoms with Crippen LogP contribution in [-0.2, 0) is 9.59 Å². The molecule has 0 aromatic heterocycles. The van der Waals surface area contributed by atoms with Crippen LogP contribution >= 0.6 is 0 Å². The Kier molecular flexibility index (Phi) is 6.39. The summed E-state index contributed by atoms with van der Waals surface area (Å²) in [4.78, 5) is 40.7. The van der Waals surface area contributed by atoms with Crippen LogP contribution in [0.5, 0.6) is 0 Å². The van der Waals surface area contributed by atoms with Gasteiger partial charge in [0.05, 0.1) is 17.4 Å². The number of non-ortho nitro benzene ring substituents is 1. The zero-order valence-electron chi connectivity index (χ0n) is 19.5. The smallest absolute Gasteiger partial charge is 0.269 e. The van der Waals surface area contributed by atoms with Gasteiger partial charge in [-0.05, 0) is 34.4 Å². The maximum Gasteiger partial charge on any atom is 0.269 e. The van der Waals surface area contributed by atoms with Gasteiger partial charge in [-0.3, -0.25) is 19.7 Å². The van der Waals surface area contributed by atoms with E-state index in [2.05, 4.69) is 5.32 Å². The summed E-state index contributed by atoms with van der Waals surface area (Å²) in [6.07, 6.45) is 0. The number of amides is 2. The van der Waals surface area contributed by atoms with E-state index in [1.807, 2.05) is 53.4 Å². The van der Waals surface area contributed by atoms with Crippen LogP contribution < -0.4 is 10.2 Å². The number of piperazine rings is 1. The van der Waals surface area contributed by atoms with Gasteiger partial charge < -0.3 is 20.2 Å². The van der Waals surface area contributed by atoms with E-state index in [-0.39, 0.29) is 17.5 Å². The van der Waals surface area contributed by atoms with Crippen molar-refractivity contribution in [3.63, 3.8) is 0 Å². The number of aliphatic hydroxyl groups is 1. The molecule has 0 radical (unpaired) electrons. The van der Waals surface area contributed by atoms with Crippen LogP contribution in [0.2, 0.25) is 0 Å². The van der Waals surface area contributed by atoms with E-state index in [9.17, 15) is 24.8 Å². The quantitative estimate of drug-likeness (QED) is 0.409. The molecule has 1 aliphatic heterocycles. The predicted molar refractivity (Wildman–Crippen MR) is 135 cm³/mol. The lowest BCUT2D eigenvalue weighted by molar-refractivity contribution is -0.384. The van der Waals surface area contributed by atoms with E-state index < -0.39 is 23.5 Å². The lowest BCUT2D eigenvalue weighted by atomic mass is 9.95. The molecule has 0 spiro atoms. The fourth-order valence-electron chi connectivity index (χ4n) is 5.07. The highest BCUT2D eigenvalue weighted by Crippen LogP contribution is 2.44. The molecule has 2 N–H and O–H groups in total. The molecule has 1 atom stereocenters. The fourth-order valence-corrected chi connectivity index (χ4v) is 5.07. The van der Waals surface area contributed by atoms with Crippen LogP contribution in [0.4, 0.5) is 11.4 Å². The van der Waals surface area contributed by atoms with Gasteiger partial charge in [-0.1, -0.05) is 48.5 Å². The lowest BCUT2D eigenvalue weighted by Crippen LogP contribution is -2.56. The molecule has 2 aliphatic rings. The van der Waals surface area contributed by atoms with Crippen molar-refractivity contribution in [2.75, 3.05) is 37.7 Å². The molecule has 1 heterocycles. The van der Waals surface area contributed by atoms with Crippen molar-refractivity contribution >= 4 is 23.2 Å². The van der Waals surface area contributed by atoms with Crippen molar-refractivity contribution in [3.05, 3.63) is 94.0 Å². The van der Waals surface area contributed by atoms with Crippen LogP contribution in [0, 0.1) is 10.1 Å². The lowest BCUT2D eigenvalue weighted by Gasteiger charge is -2.37. The number of rotatable bonds is 6. The van der Waals surface area contributed by atoms with Crippen molar-refractivity contribution in [1.29, 1.82) is 0 Å². The Morgan fingerprint density at radius 1 is 0.917 bits per heavy atom. The number of carbonyl (C=O) groups excluding carboxylic acids is 2. The number of hydrogen-bond acceptors (Lipinski definition) is 6. The predicted octanol–water partition coefficient (Wildman–Crippen LogP) is 2.53. The highest BCUT2D eigenvalue weighted by Gasteiger charge is 2.36. The molecular formula is C27H26N4O5. The molecule has 184 valence electrons. The van der Waals surface area contributed by atoms with E-state index in [1.165, 1.54) is 12.1 Å². The third kappa shape index (κ3) is 4.29. The zero-order valence-corrected chi connectivity index (χ0v) is 19.5. The number of nitro groups is 1. The Hall–Kier alpha value is -4.24. The second-order valence-electron chi connectivity index (χ2n) is 8.94. The van der Waals surface area contributed by atoms with E-state index in [1.54, 1.807) is 17.0 Å². The number of aliphatic hydroxyl groups excluding tert-OH is 1. The Balaban J connectivity index is 1.24. The molecule has 0 saturated carbocycles. The van der Waals surface area contributed by atoms with Gasteiger partial charge in [0.2, 0.25) is 11.8 Å². The minimum Gasteiger partial charge on any atom is -0.394 e. The number of nitrogens with zero attached hydrogens (tertiary/aromatic N) is 3. The minimum atomic E-state index is -1.04. The van der Waals surface area contributed by atoms with E-state index in [0.29, 0.717) is 26.2 Å². The van der Waals surface area contributed by atoms with Crippen molar-refractivity contribution < 1.29 is 19.6 Å². The van der Waals surface area contributed by atoms with Gasteiger partial charge in [-0.15, -0.1) is 0 Å². The molecule has 5 rings (SSSR count). The van der Waals surface area contributed by atoms with Gasteiger partial charge in [0, 0.05) is 44.0 Å². The summed E-state index contributed by atoms with van der Waals surface area (Å²) < 4.78 is 0. The second-order valence-corrected chi connectivity index (χ2v) is 8.94. The molecule has 36 heavy (non-hydrogen) atoms. The molecule has 1 fully saturated rings. The Morgan fingerprint density at radius 2 is 1.47 bits per heavy atom. The SMILES string of the molecule is O=C(NC(CO)C(=O)N1CCN(c2ccc([N+](=O)[O-])cc2)CC1)C1c2ccccc2-c2ccccc21. The molecular weight excluding hydrogens is 460 g/mol. The van der Waals surface area contributed by atoms with Crippen molar-refractivity contribution in [2.24, 2.45) is 0 Å². The Bertz CT molecular complexity index is 1260. The number of fused-ring (bicyclic) bond motifs is 3. The van der Waals surface area contributed by atoms with Crippen molar-refractivity contribution in [1.82, 2.24) is 10.2 Å². The summed E-state index contributed by atoms with van der Waals surface area (Å²) in [7, 11) is 0. The van der Waals surface area contributed by atoms with Gasteiger partial charge in [0.25, 0.3) is 5.69 Å². The summed E-state index contributed by atoms with van der Waals surface area (Å²) in [6.45, 7) is 1.41. The molecule has 1 aliphatic carbocycles. The molecule has 1 saturated heterocycles. The number of hydrogen-bond donors (Lipinski definition) is 2. The maximum atomic E-state index is 13.4. The second kappa shape index (κ2) is 9.79. The Labute approximate surface area is 208 Å². The summed E-state index contributed by atoms with van der Waals surface area (Å²) >= 11 is 0. The normalized spacial score (nSPS) is 15.7. The first-order valence-corrected chi connectivity index (χ1v) is 11.9. The van der Waals surface area contributed by atoms with Crippen LogP contribution in [-0.4, -0.2) is 65.6 Å². The highest BCUT2D eigenvalue weighted by atomic mass is 16.6. The van der Waals surface area contributed by atoms with Crippen LogP contribution in [0.3, 0.4) is 0 Å². The summed E-state index contributed by atoms with van der Waals surface area (Å²) in [5.41, 5.74) is 4.65. The number of nitrogens with one attached hydrogen (secondary N) is 1. The standard InChI is InChI=1S/C27H26N4O5/c32-17-24(27(34)30-15-13-29(14-16-30)18-9-11-19(12-10-18)31(35)36)28-26(33)25-22-7-3-1-5-20(22)21-6-2-4-8-23(21)25/h1-12,24-25,32H,13-17H2,(H,28,33). The number of nitro benzene ring substituents is 1. The summed E-state index contributed by atoms with van der Waals surface area (Å²) in [5.74, 6) is -1.18. The van der Waals surface area contributed by atoms with Gasteiger partial charge in [-0.25, -0.2) is 0 Å². The van der Waals surface area contributed by atoms with Crippen LogP contribution in [0.15, 0.2) is 72.8 Å². The topological polar surface area (TPSA) is 116 Å². The fraction of sp³-hybridized carbons (Fsp3) is 0.259. The number of anilines is 1. The monoisotopic (exact) mass is 486 g/mol. The molecule has 3 aromatic rings. The summed E-state index contributed by atoms with van der Waals surface area (Å²) in [6, 6.07) is 20.8. The van der Waals surface area contributed by atoms with Crippen molar-refractivity contribution in [2.45, 2.75) is 12.0 Å². The molecule has 9 heteroatoms. The molecule has 2 amide bonds. The first kappa shape index (κ1) is 23.5. The van der Waals surface area contributed by atoms with Crippen molar-refractivity contribution in [3.8, 4) is 11.1 Å². The maximum absolute atomic E-state index is 13.4. The van der Waals surface area contributed by atoms with Crippen LogP contribution in [0.1, 0.15) is 17.0 Å². The Morgan fingerprint density at radius 3 is 2.00 bits per heavy atom. The average molecular weight is 487 g/mol. The first-order chi connectivity index (χ1) is 17.5. The third-order valence-corrected chi connectivity index (χ3v) is 6.91. The third-order valence-electron chi connectivity index (χ3n) is 6.91. The molecule has 0 bridgehead atoms. The highest BCUT2D eigenvalue weighted by molar-refractivity contribution is 5.98. The van der Waals surface area contributed by atoms with Gasteiger partial charge in [-0.2, -0.15) is 0 Å². The van der Waals surface area contributed by atoms with E-state index in [4.69, 9.17) is 0 Å². The van der Waals surface area contributed by atoms with E-state index >= 15 is 0 Å². The van der Waals surface area contributed by atoms with Gasteiger partial charge in [0.1, 0.15) is 6.04 Å². The molecule has 1 unspecified atom stereocenters. The number of carbonyl (C=O) groups is 2. The summed E-state index contributed by atoms with van der Waals surface area (Å²) in [5, 5.41) is 23.7. The molecule has 9 nitrogen and oxygen atoms in total. The van der Waals surface area contributed by atoms with Gasteiger partial charge in [0.15, 0.2) is 0 Å². The first-order valence-electron chi connectivity index (χ1n) is 11.9. The largest absolute Gasteiger partial charge is 0.394 e. The van der Waals surface area contributed by atoms with Crippen LogP contribution in [0.25, 0.3) is 11.1 Å². The number of benzene rings is 3. The minimum absolute atomic E-state index is 0.0293.